The first kappa shape index (κ1) is 26.0. The smallest absolute Gasteiger partial charge is 0.225 e. The van der Waals surface area contributed by atoms with Gasteiger partial charge in [0.1, 0.15) is 11.9 Å². The van der Waals surface area contributed by atoms with E-state index >= 15 is 0 Å². The number of nitrogens with one attached hydrogen (secondary N) is 3. The molecule has 6 nitrogen and oxygen atoms in total. The molecule has 1 unspecified atom stereocenters. The van der Waals surface area contributed by atoms with Gasteiger partial charge in [0.05, 0.1) is 11.0 Å². The standard InChI is InChI=1S/C19H31BrN4O2.HI/c1-6-21-18(23-12-11-22-17(25)19(3,4)5)24-13-14(2)26-16-10-8-7-9-15(16)20;/h7-10,14H,6,11-13H2,1-5H3,(H,22,25)(H2,21,23,24);1H. The van der Waals surface area contributed by atoms with E-state index in [1.54, 1.807) is 0 Å². The zero-order valence-corrected chi connectivity index (χ0v) is 20.7. The van der Waals surface area contributed by atoms with Crippen LogP contribution in [-0.2, 0) is 4.79 Å². The molecule has 0 saturated heterocycles. The molecule has 0 spiro atoms. The van der Waals surface area contributed by atoms with E-state index < -0.39 is 0 Å². The van der Waals surface area contributed by atoms with Gasteiger partial charge in [0.2, 0.25) is 5.91 Å². The monoisotopic (exact) mass is 554 g/mol. The summed E-state index contributed by atoms with van der Waals surface area (Å²) in [5.74, 6) is 1.55. The molecule has 0 bridgehead atoms. The van der Waals surface area contributed by atoms with E-state index in [0.717, 1.165) is 16.8 Å². The Balaban J connectivity index is 0.00000676. The molecule has 1 amide bonds. The van der Waals surface area contributed by atoms with Gasteiger partial charge in [-0.15, -0.1) is 24.0 Å². The lowest BCUT2D eigenvalue weighted by Gasteiger charge is -2.18. The summed E-state index contributed by atoms with van der Waals surface area (Å²) in [5.41, 5.74) is -0.378. The third-order valence-corrected chi connectivity index (χ3v) is 4.05. The summed E-state index contributed by atoms with van der Waals surface area (Å²) in [6.45, 7) is 12.1. The van der Waals surface area contributed by atoms with Crippen LogP contribution in [0.1, 0.15) is 34.6 Å². The highest BCUT2D eigenvalue weighted by atomic mass is 127. The van der Waals surface area contributed by atoms with E-state index in [4.69, 9.17) is 4.74 Å². The molecule has 154 valence electrons. The SMILES string of the molecule is CCNC(=NCC(C)Oc1ccccc1Br)NCCNC(=O)C(C)(C)C.I. The third-order valence-electron chi connectivity index (χ3n) is 3.40. The highest BCUT2D eigenvalue weighted by Gasteiger charge is 2.20. The van der Waals surface area contributed by atoms with Crippen molar-refractivity contribution in [3.8, 4) is 5.75 Å². The fourth-order valence-corrected chi connectivity index (χ4v) is 2.36. The molecule has 27 heavy (non-hydrogen) atoms. The van der Waals surface area contributed by atoms with Gasteiger partial charge < -0.3 is 20.7 Å². The number of amides is 1. The van der Waals surface area contributed by atoms with Crippen molar-refractivity contribution in [2.24, 2.45) is 10.4 Å². The number of aliphatic imine (C=N–C) groups is 1. The van der Waals surface area contributed by atoms with Crippen molar-refractivity contribution in [2.75, 3.05) is 26.2 Å². The Hall–Kier alpha value is -1.03. The van der Waals surface area contributed by atoms with Crippen molar-refractivity contribution in [1.82, 2.24) is 16.0 Å². The van der Waals surface area contributed by atoms with Crippen molar-refractivity contribution in [1.29, 1.82) is 0 Å². The number of ether oxygens (including phenoxy) is 1. The van der Waals surface area contributed by atoms with Crippen LogP contribution in [0.5, 0.6) is 5.75 Å². The van der Waals surface area contributed by atoms with Gasteiger partial charge in [0.15, 0.2) is 5.96 Å². The quantitative estimate of drug-likeness (QED) is 0.199. The summed E-state index contributed by atoms with van der Waals surface area (Å²) in [6.07, 6.45) is -0.0650. The molecular formula is C19H32BrIN4O2. The molecule has 8 heteroatoms. The van der Waals surface area contributed by atoms with E-state index in [-0.39, 0.29) is 41.4 Å². The average Bonchev–Trinajstić information content (AvgIpc) is 2.57. The third kappa shape index (κ3) is 10.8. The van der Waals surface area contributed by atoms with Gasteiger partial charge in [0, 0.05) is 25.0 Å². The van der Waals surface area contributed by atoms with E-state index in [2.05, 4.69) is 36.9 Å². The summed E-state index contributed by atoms with van der Waals surface area (Å²) in [7, 11) is 0. The number of hydrogen-bond acceptors (Lipinski definition) is 3. The van der Waals surface area contributed by atoms with Gasteiger partial charge in [0.25, 0.3) is 0 Å². The summed E-state index contributed by atoms with van der Waals surface area (Å²) < 4.78 is 6.83. The summed E-state index contributed by atoms with van der Waals surface area (Å²) in [4.78, 5) is 16.4. The van der Waals surface area contributed by atoms with E-state index in [0.29, 0.717) is 25.6 Å². The minimum atomic E-state index is -0.378. The van der Waals surface area contributed by atoms with Gasteiger partial charge in [-0.05, 0) is 41.9 Å². The largest absolute Gasteiger partial charge is 0.488 e. The van der Waals surface area contributed by atoms with Gasteiger partial charge in [-0.25, -0.2) is 4.99 Å². The van der Waals surface area contributed by atoms with Crippen molar-refractivity contribution >= 4 is 51.8 Å². The fourth-order valence-electron chi connectivity index (χ4n) is 1.98. The number of para-hydroxylation sites is 1. The highest BCUT2D eigenvalue weighted by Crippen LogP contribution is 2.24. The zero-order valence-electron chi connectivity index (χ0n) is 16.8. The number of benzene rings is 1. The van der Waals surface area contributed by atoms with Crippen molar-refractivity contribution < 1.29 is 9.53 Å². The molecule has 1 rings (SSSR count). The summed E-state index contributed by atoms with van der Waals surface area (Å²) >= 11 is 3.48. The highest BCUT2D eigenvalue weighted by molar-refractivity contribution is 14.0. The minimum Gasteiger partial charge on any atom is -0.488 e. The molecule has 1 aromatic carbocycles. The normalized spacial score (nSPS) is 12.6. The number of halogens is 2. The number of carbonyl (C=O) groups excluding carboxylic acids is 1. The van der Waals surface area contributed by atoms with E-state index in [1.807, 2.05) is 58.9 Å². The predicted octanol–water partition coefficient (Wildman–Crippen LogP) is 3.55. The van der Waals surface area contributed by atoms with Crippen LogP contribution in [0.4, 0.5) is 0 Å². The van der Waals surface area contributed by atoms with Crippen LogP contribution < -0.4 is 20.7 Å². The number of nitrogens with zero attached hydrogens (tertiary/aromatic N) is 1. The average molecular weight is 555 g/mol. The Morgan fingerprint density at radius 2 is 1.81 bits per heavy atom. The molecule has 0 radical (unpaired) electrons. The second kappa shape index (κ2) is 13.2. The summed E-state index contributed by atoms with van der Waals surface area (Å²) in [6, 6.07) is 7.76. The molecular weight excluding hydrogens is 523 g/mol. The first-order valence-electron chi connectivity index (χ1n) is 8.95. The number of carbonyl (C=O) groups is 1. The Kier molecular flexibility index (Phi) is 12.7. The lowest BCUT2D eigenvalue weighted by Crippen LogP contribution is -2.43. The van der Waals surface area contributed by atoms with Crippen LogP contribution in [-0.4, -0.2) is 44.1 Å². The van der Waals surface area contributed by atoms with Gasteiger partial charge in [-0.3, -0.25) is 4.79 Å². The van der Waals surface area contributed by atoms with Crippen LogP contribution >= 0.6 is 39.9 Å². The molecule has 0 aliphatic rings. The van der Waals surface area contributed by atoms with Crippen LogP contribution in [0, 0.1) is 5.41 Å². The van der Waals surface area contributed by atoms with Crippen molar-refractivity contribution in [3.05, 3.63) is 28.7 Å². The van der Waals surface area contributed by atoms with Crippen LogP contribution in [0.15, 0.2) is 33.7 Å². The molecule has 0 aliphatic heterocycles. The predicted molar refractivity (Wildman–Crippen MR) is 126 cm³/mol. The van der Waals surface area contributed by atoms with Crippen LogP contribution in [0.25, 0.3) is 0 Å². The van der Waals surface area contributed by atoms with Gasteiger partial charge >= 0.3 is 0 Å². The lowest BCUT2D eigenvalue weighted by molar-refractivity contribution is -0.128. The molecule has 0 saturated carbocycles. The first-order valence-corrected chi connectivity index (χ1v) is 9.75. The Bertz CT molecular complexity index is 606. The molecule has 0 aromatic heterocycles. The Morgan fingerprint density at radius 1 is 1.19 bits per heavy atom. The fraction of sp³-hybridized carbons (Fsp3) is 0.579. The first-order chi connectivity index (χ1) is 12.2. The van der Waals surface area contributed by atoms with Crippen LogP contribution in [0.2, 0.25) is 0 Å². The van der Waals surface area contributed by atoms with Crippen LogP contribution in [0.3, 0.4) is 0 Å². The maximum absolute atomic E-state index is 11.8. The lowest BCUT2D eigenvalue weighted by atomic mass is 9.96. The maximum Gasteiger partial charge on any atom is 0.225 e. The topological polar surface area (TPSA) is 74.8 Å². The number of guanidine groups is 1. The molecule has 0 aliphatic carbocycles. The van der Waals surface area contributed by atoms with Crippen molar-refractivity contribution in [3.63, 3.8) is 0 Å². The minimum absolute atomic E-state index is 0. The second-order valence-corrected chi connectivity index (χ2v) is 7.87. The molecule has 1 aromatic rings. The van der Waals surface area contributed by atoms with Gasteiger partial charge in [-0.1, -0.05) is 32.9 Å². The molecule has 3 N–H and O–H groups in total. The maximum atomic E-state index is 11.8. The summed E-state index contributed by atoms with van der Waals surface area (Å²) in [5, 5.41) is 9.32. The van der Waals surface area contributed by atoms with Gasteiger partial charge in [-0.2, -0.15) is 0 Å². The van der Waals surface area contributed by atoms with E-state index in [9.17, 15) is 4.79 Å². The van der Waals surface area contributed by atoms with E-state index in [1.165, 1.54) is 0 Å². The van der Waals surface area contributed by atoms with Crippen molar-refractivity contribution in [2.45, 2.75) is 40.7 Å². The second-order valence-electron chi connectivity index (χ2n) is 7.01. The molecule has 1 atom stereocenters. The number of hydrogen-bond donors (Lipinski definition) is 3. The molecule has 0 fully saturated rings. The molecule has 0 heterocycles. The zero-order chi connectivity index (χ0) is 19.6. The Morgan fingerprint density at radius 3 is 2.41 bits per heavy atom. The number of rotatable bonds is 8. The Labute approximate surface area is 188 Å².